The molecule has 0 radical (unpaired) electrons. The van der Waals surface area contributed by atoms with Gasteiger partial charge in [0.2, 0.25) is 0 Å². The topological polar surface area (TPSA) is 44.5 Å². The van der Waals surface area contributed by atoms with Crippen LogP contribution in [0.4, 0.5) is 0 Å². The highest BCUT2D eigenvalue weighted by Crippen LogP contribution is 2.35. The van der Waals surface area contributed by atoms with Gasteiger partial charge in [0.05, 0.1) is 14.2 Å². The van der Waals surface area contributed by atoms with E-state index in [-0.39, 0.29) is 0 Å². The SMILES string of the molecule is COc1cc(C(C)C)cc(CCCN)c1OC. The summed E-state index contributed by atoms with van der Waals surface area (Å²) in [5, 5.41) is 0. The standard InChI is InChI=1S/C14H23NO2/c1-10(2)12-8-11(6-5-7-15)14(17-4)13(9-12)16-3/h8-10H,5-7,15H2,1-4H3. The largest absolute Gasteiger partial charge is 0.493 e. The van der Waals surface area contributed by atoms with Gasteiger partial charge in [0.25, 0.3) is 0 Å². The number of rotatable bonds is 6. The molecule has 2 N–H and O–H groups in total. The summed E-state index contributed by atoms with van der Waals surface area (Å²) in [6, 6.07) is 4.25. The number of nitrogens with two attached hydrogens (primary N) is 1. The number of aryl methyl sites for hydroxylation is 1. The normalized spacial score (nSPS) is 10.7. The molecule has 1 rings (SSSR count). The van der Waals surface area contributed by atoms with Crippen molar-refractivity contribution >= 4 is 0 Å². The summed E-state index contributed by atoms with van der Waals surface area (Å²) >= 11 is 0. The van der Waals surface area contributed by atoms with Crippen LogP contribution >= 0.6 is 0 Å². The van der Waals surface area contributed by atoms with E-state index in [0.717, 1.165) is 24.3 Å². The average Bonchev–Trinajstić information content (AvgIpc) is 2.34. The second-order valence-corrected chi connectivity index (χ2v) is 4.46. The highest BCUT2D eigenvalue weighted by molar-refractivity contribution is 5.50. The Hall–Kier alpha value is -1.22. The predicted molar refractivity (Wildman–Crippen MR) is 71.0 cm³/mol. The molecule has 0 aliphatic carbocycles. The van der Waals surface area contributed by atoms with Crippen molar-refractivity contribution in [2.75, 3.05) is 20.8 Å². The molecule has 3 nitrogen and oxygen atoms in total. The Bertz CT molecular complexity index is 361. The molecule has 0 aliphatic heterocycles. The smallest absolute Gasteiger partial charge is 0.163 e. The highest BCUT2D eigenvalue weighted by Gasteiger charge is 2.13. The quantitative estimate of drug-likeness (QED) is 0.827. The maximum absolute atomic E-state index is 5.56. The molecule has 0 unspecified atom stereocenters. The van der Waals surface area contributed by atoms with Crippen molar-refractivity contribution in [1.82, 2.24) is 0 Å². The van der Waals surface area contributed by atoms with Crippen LogP contribution in [0, 0.1) is 0 Å². The van der Waals surface area contributed by atoms with E-state index in [1.165, 1.54) is 11.1 Å². The van der Waals surface area contributed by atoms with E-state index in [2.05, 4.69) is 26.0 Å². The third kappa shape index (κ3) is 3.37. The summed E-state index contributed by atoms with van der Waals surface area (Å²) in [5.74, 6) is 2.13. The van der Waals surface area contributed by atoms with E-state index in [1.54, 1.807) is 14.2 Å². The van der Waals surface area contributed by atoms with Crippen LogP contribution in [0.1, 0.15) is 37.3 Å². The summed E-state index contributed by atoms with van der Waals surface area (Å²) in [6.45, 7) is 5.04. The van der Waals surface area contributed by atoms with Gasteiger partial charge in [-0.3, -0.25) is 0 Å². The van der Waals surface area contributed by atoms with Gasteiger partial charge < -0.3 is 15.2 Å². The number of hydrogen-bond acceptors (Lipinski definition) is 3. The van der Waals surface area contributed by atoms with Crippen molar-refractivity contribution in [3.63, 3.8) is 0 Å². The molecule has 0 amide bonds. The van der Waals surface area contributed by atoms with Crippen molar-refractivity contribution < 1.29 is 9.47 Å². The van der Waals surface area contributed by atoms with Gasteiger partial charge in [-0.25, -0.2) is 0 Å². The van der Waals surface area contributed by atoms with Gasteiger partial charge in [-0.2, -0.15) is 0 Å². The average molecular weight is 237 g/mol. The molecule has 0 aromatic heterocycles. The van der Waals surface area contributed by atoms with Gasteiger partial charge in [0, 0.05) is 0 Å². The fourth-order valence-corrected chi connectivity index (χ4v) is 1.88. The molecule has 0 heterocycles. The number of hydrogen-bond donors (Lipinski definition) is 1. The van der Waals surface area contributed by atoms with E-state index in [4.69, 9.17) is 15.2 Å². The first kappa shape index (κ1) is 13.8. The van der Waals surface area contributed by atoms with E-state index in [9.17, 15) is 0 Å². The van der Waals surface area contributed by atoms with Crippen LogP contribution in [0.25, 0.3) is 0 Å². The minimum Gasteiger partial charge on any atom is -0.493 e. The van der Waals surface area contributed by atoms with E-state index >= 15 is 0 Å². The first-order valence-electron chi connectivity index (χ1n) is 6.08. The molecule has 0 bridgehead atoms. The van der Waals surface area contributed by atoms with Crippen LogP contribution in [0.5, 0.6) is 11.5 Å². The highest BCUT2D eigenvalue weighted by atomic mass is 16.5. The molecule has 0 saturated carbocycles. The maximum atomic E-state index is 5.56. The summed E-state index contributed by atoms with van der Waals surface area (Å²) in [7, 11) is 3.35. The molecule has 0 aliphatic rings. The van der Waals surface area contributed by atoms with Crippen LogP contribution < -0.4 is 15.2 Å². The Morgan fingerprint density at radius 2 is 1.88 bits per heavy atom. The summed E-state index contributed by atoms with van der Waals surface area (Å²) < 4.78 is 10.8. The van der Waals surface area contributed by atoms with Gasteiger partial charge >= 0.3 is 0 Å². The summed E-state index contributed by atoms with van der Waals surface area (Å²) in [6.07, 6.45) is 1.89. The van der Waals surface area contributed by atoms with E-state index < -0.39 is 0 Å². The zero-order valence-electron chi connectivity index (χ0n) is 11.2. The lowest BCUT2D eigenvalue weighted by Gasteiger charge is -2.16. The molecular formula is C14H23NO2. The Labute approximate surface area is 104 Å². The second kappa shape index (κ2) is 6.50. The lowest BCUT2D eigenvalue weighted by atomic mass is 9.97. The van der Waals surface area contributed by atoms with Crippen LogP contribution in [-0.2, 0) is 6.42 Å². The molecule has 96 valence electrons. The first-order chi connectivity index (χ1) is 8.13. The Morgan fingerprint density at radius 1 is 1.18 bits per heavy atom. The van der Waals surface area contributed by atoms with Crippen molar-refractivity contribution in [3.05, 3.63) is 23.3 Å². The fraction of sp³-hybridized carbons (Fsp3) is 0.571. The lowest BCUT2D eigenvalue weighted by molar-refractivity contribution is 0.351. The number of ether oxygens (including phenoxy) is 2. The number of methoxy groups -OCH3 is 2. The van der Waals surface area contributed by atoms with Gasteiger partial charge in [-0.1, -0.05) is 19.9 Å². The predicted octanol–water partition coefficient (Wildman–Crippen LogP) is 2.72. The third-order valence-corrected chi connectivity index (χ3v) is 2.90. The van der Waals surface area contributed by atoms with Gasteiger partial charge in [-0.05, 0) is 42.5 Å². The molecule has 0 fully saturated rings. The molecule has 17 heavy (non-hydrogen) atoms. The van der Waals surface area contributed by atoms with Crippen molar-refractivity contribution in [3.8, 4) is 11.5 Å². The van der Waals surface area contributed by atoms with Crippen LogP contribution in [0.2, 0.25) is 0 Å². The molecule has 1 aromatic rings. The lowest BCUT2D eigenvalue weighted by Crippen LogP contribution is -2.04. The Morgan fingerprint density at radius 3 is 2.35 bits per heavy atom. The molecular weight excluding hydrogens is 214 g/mol. The third-order valence-electron chi connectivity index (χ3n) is 2.90. The maximum Gasteiger partial charge on any atom is 0.163 e. The van der Waals surface area contributed by atoms with Crippen LogP contribution in [-0.4, -0.2) is 20.8 Å². The zero-order chi connectivity index (χ0) is 12.8. The van der Waals surface area contributed by atoms with E-state index in [0.29, 0.717) is 12.5 Å². The second-order valence-electron chi connectivity index (χ2n) is 4.46. The summed E-state index contributed by atoms with van der Waals surface area (Å²) in [5.41, 5.74) is 8.02. The zero-order valence-corrected chi connectivity index (χ0v) is 11.2. The monoisotopic (exact) mass is 237 g/mol. The number of benzene rings is 1. The Kier molecular flexibility index (Phi) is 5.29. The molecule has 0 saturated heterocycles. The minimum absolute atomic E-state index is 0.478. The minimum atomic E-state index is 0.478. The van der Waals surface area contributed by atoms with Crippen LogP contribution in [0.3, 0.4) is 0 Å². The molecule has 0 spiro atoms. The van der Waals surface area contributed by atoms with Crippen molar-refractivity contribution in [2.45, 2.75) is 32.6 Å². The van der Waals surface area contributed by atoms with E-state index in [1.807, 2.05) is 0 Å². The molecule has 1 aromatic carbocycles. The van der Waals surface area contributed by atoms with Gasteiger partial charge in [0.1, 0.15) is 0 Å². The van der Waals surface area contributed by atoms with Crippen LogP contribution in [0.15, 0.2) is 12.1 Å². The van der Waals surface area contributed by atoms with Gasteiger partial charge in [-0.15, -0.1) is 0 Å². The van der Waals surface area contributed by atoms with Crippen molar-refractivity contribution in [2.24, 2.45) is 5.73 Å². The summed E-state index contributed by atoms with van der Waals surface area (Å²) in [4.78, 5) is 0. The fourth-order valence-electron chi connectivity index (χ4n) is 1.88. The molecule has 0 atom stereocenters. The Balaban J connectivity index is 3.17. The molecule has 3 heteroatoms. The van der Waals surface area contributed by atoms with Crippen molar-refractivity contribution in [1.29, 1.82) is 0 Å². The first-order valence-corrected chi connectivity index (χ1v) is 6.08. The van der Waals surface area contributed by atoms with Gasteiger partial charge in [0.15, 0.2) is 11.5 Å².